The molecule has 0 saturated carbocycles. The summed E-state index contributed by atoms with van der Waals surface area (Å²) in [6.07, 6.45) is 2.04. The first-order chi connectivity index (χ1) is 8.00. The summed E-state index contributed by atoms with van der Waals surface area (Å²) in [6, 6.07) is 2.24. The van der Waals surface area contributed by atoms with Crippen LogP contribution in [-0.4, -0.2) is 19.3 Å². The molecule has 1 atom stereocenters. The van der Waals surface area contributed by atoms with Crippen LogP contribution in [0, 0.1) is 0 Å². The number of thiophene rings is 1. The third-order valence-corrected chi connectivity index (χ3v) is 4.32. The molecule has 98 valence electrons. The number of hydrogen-bond acceptors (Lipinski definition) is 3. The standard InChI is InChI=1S/C13H22ClNOS/c1-5-7-15-11(9-13(2,3)16-4)12-10(14)6-8-17-12/h6,8,11,15H,5,7,9H2,1-4H3. The van der Waals surface area contributed by atoms with E-state index in [9.17, 15) is 0 Å². The highest BCUT2D eigenvalue weighted by molar-refractivity contribution is 7.10. The molecule has 0 aliphatic heterocycles. The molecule has 0 aromatic carbocycles. The Kier molecular flexibility index (Phi) is 5.93. The lowest BCUT2D eigenvalue weighted by molar-refractivity contribution is 0.00715. The molecule has 1 aromatic heterocycles. The lowest BCUT2D eigenvalue weighted by Crippen LogP contribution is -2.32. The van der Waals surface area contributed by atoms with Crippen LogP contribution in [-0.2, 0) is 4.74 Å². The van der Waals surface area contributed by atoms with Crippen molar-refractivity contribution in [2.24, 2.45) is 0 Å². The van der Waals surface area contributed by atoms with Gasteiger partial charge >= 0.3 is 0 Å². The van der Waals surface area contributed by atoms with E-state index in [-0.39, 0.29) is 11.6 Å². The first kappa shape index (κ1) is 15.0. The van der Waals surface area contributed by atoms with Crippen molar-refractivity contribution in [3.05, 3.63) is 21.3 Å². The summed E-state index contributed by atoms with van der Waals surface area (Å²) in [6.45, 7) is 7.38. The summed E-state index contributed by atoms with van der Waals surface area (Å²) in [5.41, 5.74) is -0.140. The molecule has 4 heteroatoms. The van der Waals surface area contributed by atoms with Gasteiger partial charge in [-0.2, -0.15) is 0 Å². The molecule has 0 fully saturated rings. The van der Waals surface area contributed by atoms with E-state index >= 15 is 0 Å². The highest BCUT2D eigenvalue weighted by atomic mass is 35.5. The number of hydrogen-bond donors (Lipinski definition) is 1. The van der Waals surface area contributed by atoms with Crippen LogP contribution in [0.25, 0.3) is 0 Å². The minimum absolute atomic E-state index is 0.140. The van der Waals surface area contributed by atoms with Crippen LogP contribution in [0.3, 0.4) is 0 Å². The van der Waals surface area contributed by atoms with Crippen molar-refractivity contribution in [2.45, 2.75) is 45.3 Å². The predicted octanol–water partition coefficient (Wildman–Crippen LogP) is 4.26. The van der Waals surface area contributed by atoms with Crippen molar-refractivity contribution >= 4 is 22.9 Å². The lowest BCUT2D eigenvalue weighted by Gasteiger charge is -2.29. The van der Waals surface area contributed by atoms with Crippen molar-refractivity contribution in [1.29, 1.82) is 0 Å². The summed E-state index contributed by atoms with van der Waals surface area (Å²) < 4.78 is 5.51. The lowest BCUT2D eigenvalue weighted by atomic mass is 9.97. The molecule has 17 heavy (non-hydrogen) atoms. The maximum atomic E-state index is 6.22. The topological polar surface area (TPSA) is 21.3 Å². The van der Waals surface area contributed by atoms with E-state index in [4.69, 9.17) is 16.3 Å². The van der Waals surface area contributed by atoms with Crippen LogP contribution in [0.2, 0.25) is 5.02 Å². The number of ether oxygens (including phenoxy) is 1. The second kappa shape index (κ2) is 6.74. The Hall–Kier alpha value is -0.0900. The maximum absolute atomic E-state index is 6.22. The SMILES string of the molecule is CCCNC(CC(C)(C)OC)c1sccc1Cl. The minimum atomic E-state index is -0.140. The average Bonchev–Trinajstić information content (AvgIpc) is 2.70. The molecule has 1 rings (SSSR count). The van der Waals surface area contributed by atoms with Gasteiger partial charge in [-0.15, -0.1) is 11.3 Å². The second-order valence-electron chi connectivity index (χ2n) is 4.81. The Balaban J connectivity index is 2.77. The van der Waals surface area contributed by atoms with Crippen LogP contribution in [0.5, 0.6) is 0 Å². The van der Waals surface area contributed by atoms with Crippen molar-refractivity contribution in [2.75, 3.05) is 13.7 Å². The minimum Gasteiger partial charge on any atom is -0.379 e. The summed E-state index contributed by atoms with van der Waals surface area (Å²) in [7, 11) is 1.76. The van der Waals surface area contributed by atoms with Gasteiger partial charge in [-0.1, -0.05) is 18.5 Å². The average molecular weight is 276 g/mol. The van der Waals surface area contributed by atoms with E-state index in [1.54, 1.807) is 18.4 Å². The van der Waals surface area contributed by atoms with E-state index < -0.39 is 0 Å². The molecule has 1 unspecified atom stereocenters. The fourth-order valence-corrected chi connectivity index (χ4v) is 2.97. The van der Waals surface area contributed by atoms with Crippen LogP contribution < -0.4 is 5.32 Å². The molecule has 0 aliphatic carbocycles. The molecule has 0 radical (unpaired) electrons. The number of halogens is 1. The van der Waals surface area contributed by atoms with Crippen LogP contribution in [0.1, 0.15) is 44.5 Å². The summed E-state index contributed by atoms with van der Waals surface area (Å²) in [5, 5.41) is 6.45. The largest absolute Gasteiger partial charge is 0.379 e. The third-order valence-electron chi connectivity index (χ3n) is 2.85. The van der Waals surface area contributed by atoms with Gasteiger partial charge in [-0.3, -0.25) is 0 Å². The molecular formula is C13H22ClNOS. The summed E-state index contributed by atoms with van der Waals surface area (Å²) in [4.78, 5) is 1.21. The zero-order valence-corrected chi connectivity index (χ0v) is 12.6. The highest BCUT2D eigenvalue weighted by Crippen LogP contribution is 2.34. The summed E-state index contributed by atoms with van der Waals surface area (Å²) >= 11 is 7.92. The van der Waals surface area contributed by atoms with Gasteiger partial charge in [-0.05, 0) is 44.7 Å². The van der Waals surface area contributed by atoms with Gasteiger partial charge in [0.25, 0.3) is 0 Å². The van der Waals surface area contributed by atoms with E-state index in [0.29, 0.717) is 0 Å². The Bertz CT molecular complexity index is 338. The zero-order chi connectivity index (χ0) is 12.9. The Morgan fingerprint density at radius 3 is 2.71 bits per heavy atom. The van der Waals surface area contributed by atoms with Gasteiger partial charge < -0.3 is 10.1 Å². The van der Waals surface area contributed by atoms with Crippen molar-refractivity contribution in [1.82, 2.24) is 5.32 Å². The molecule has 0 amide bonds. The van der Waals surface area contributed by atoms with Gasteiger partial charge in [0.15, 0.2) is 0 Å². The molecule has 2 nitrogen and oxygen atoms in total. The normalized spacial score (nSPS) is 13.9. The van der Waals surface area contributed by atoms with Crippen molar-refractivity contribution < 1.29 is 4.74 Å². The predicted molar refractivity (Wildman–Crippen MR) is 76.1 cm³/mol. The monoisotopic (exact) mass is 275 g/mol. The van der Waals surface area contributed by atoms with Crippen LogP contribution in [0.4, 0.5) is 0 Å². The van der Waals surface area contributed by atoms with Crippen molar-refractivity contribution in [3.8, 4) is 0 Å². The molecule has 0 spiro atoms. The first-order valence-corrected chi connectivity index (χ1v) is 7.27. The fraction of sp³-hybridized carbons (Fsp3) is 0.692. The van der Waals surface area contributed by atoms with Crippen LogP contribution in [0.15, 0.2) is 11.4 Å². The quantitative estimate of drug-likeness (QED) is 0.803. The molecule has 0 bridgehead atoms. The van der Waals surface area contributed by atoms with E-state index in [1.807, 2.05) is 11.4 Å². The Labute approximate surface area is 113 Å². The third kappa shape index (κ3) is 4.59. The van der Waals surface area contributed by atoms with E-state index in [0.717, 1.165) is 24.4 Å². The Morgan fingerprint density at radius 1 is 1.53 bits per heavy atom. The van der Waals surface area contributed by atoms with Gasteiger partial charge in [0.1, 0.15) is 0 Å². The van der Waals surface area contributed by atoms with Gasteiger partial charge in [0.2, 0.25) is 0 Å². The fourth-order valence-electron chi connectivity index (χ4n) is 1.71. The molecule has 1 aromatic rings. The van der Waals surface area contributed by atoms with Gasteiger partial charge in [0.05, 0.1) is 10.6 Å². The Morgan fingerprint density at radius 2 is 2.24 bits per heavy atom. The first-order valence-electron chi connectivity index (χ1n) is 6.01. The van der Waals surface area contributed by atoms with Crippen molar-refractivity contribution in [3.63, 3.8) is 0 Å². The summed E-state index contributed by atoms with van der Waals surface area (Å²) in [5.74, 6) is 0. The van der Waals surface area contributed by atoms with Crippen LogP contribution >= 0.6 is 22.9 Å². The smallest absolute Gasteiger partial charge is 0.0641 e. The maximum Gasteiger partial charge on any atom is 0.0641 e. The van der Waals surface area contributed by atoms with Gasteiger partial charge in [-0.25, -0.2) is 0 Å². The molecule has 1 N–H and O–H groups in total. The highest BCUT2D eigenvalue weighted by Gasteiger charge is 2.25. The van der Waals surface area contributed by atoms with Gasteiger partial charge in [0, 0.05) is 18.0 Å². The number of methoxy groups -OCH3 is 1. The number of rotatable bonds is 7. The zero-order valence-electron chi connectivity index (χ0n) is 11.0. The number of nitrogens with one attached hydrogen (secondary N) is 1. The molecule has 0 saturated heterocycles. The molecule has 0 aliphatic rings. The molecular weight excluding hydrogens is 254 g/mol. The van der Waals surface area contributed by atoms with E-state index in [1.165, 1.54) is 4.88 Å². The second-order valence-corrected chi connectivity index (χ2v) is 6.16. The van der Waals surface area contributed by atoms with E-state index in [2.05, 4.69) is 26.1 Å². The molecule has 1 heterocycles.